The van der Waals surface area contributed by atoms with Gasteiger partial charge in [0.25, 0.3) is 0 Å². The zero-order valence-electron chi connectivity index (χ0n) is 12.3. The van der Waals surface area contributed by atoms with Crippen LogP contribution >= 0.6 is 23.1 Å². The predicted molar refractivity (Wildman–Crippen MR) is 84.6 cm³/mol. The lowest BCUT2D eigenvalue weighted by Crippen LogP contribution is -2.32. The number of amides is 1. The molecule has 0 fully saturated rings. The minimum Gasteiger partial charge on any atom is -0.355 e. The van der Waals surface area contributed by atoms with Gasteiger partial charge in [-0.25, -0.2) is 4.68 Å². The summed E-state index contributed by atoms with van der Waals surface area (Å²) in [4.78, 5) is 13.3. The number of aromatic nitrogens is 4. The second-order valence-electron chi connectivity index (χ2n) is 4.88. The first-order chi connectivity index (χ1) is 10.1. The summed E-state index contributed by atoms with van der Waals surface area (Å²) in [5, 5.41) is 17.0. The maximum atomic E-state index is 12.1. The molecule has 0 saturated carbocycles. The van der Waals surface area contributed by atoms with E-state index in [1.165, 1.54) is 16.6 Å². The first-order valence-electron chi connectivity index (χ1n) is 6.82. The summed E-state index contributed by atoms with van der Waals surface area (Å²) in [6.07, 6.45) is 0.866. The standard InChI is InChI=1S/C13H19N5OS2/c1-9(2)18-13(15-16-17-18)21-10(3)12(19)14-7-6-11-5-4-8-20-11/h4-5,8-10H,6-7H2,1-3H3,(H,14,19). The maximum absolute atomic E-state index is 12.1. The maximum Gasteiger partial charge on any atom is 0.233 e. The number of carbonyl (C=O) groups is 1. The fourth-order valence-corrected chi connectivity index (χ4v) is 3.36. The van der Waals surface area contributed by atoms with Gasteiger partial charge in [-0.05, 0) is 49.1 Å². The molecule has 2 aromatic heterocycles. The van der Waals surface area contributed by atoms with Gasteiger partial charge in [0.1, 0.15) is 0 Å². The van der Waals surface area contributed by atoms with Gasteiger partial charge in [-0.2, -0.15) is 0 Å². The van der Waals surface area contributed by atoms with E-state index >= 15 is 0 Å². The highest BCUT2D eigenvalue weighted by Crippen LogP contribution is 2.22. The normalized spacial score (nSPS) is 12.6. The van der Waals surface area contributed by atoms with Crippen molar-refractivity contribution in [3.63, 3.8) is 0 Å². The molecule has 8 heteroatoms. The van der Waals surface area contributed by atoms with Crippen LogP contribution in [-0.2, 0) is 11.2 Å². The van der Waals surface area contributed by atoms with E-state index < -0.39 is 0 Å². The van der Waals surface area contributed by atoms with Gasteiger partial charge in [-0.15, -0.1) is 16.4 Å². The molecule has 0 aliphatic carbocycles. The minimum atomic E-state index is -0.225. The van der Waals surface area contributed by atoms with Crippen molar-refractivity contribution in [3.05, 3.63) is 22.4 Å². The lowest BCUT2D eigenvalue weighted by Gasteiger charge is -2.12. The molecule has 2 rings (SSSR count). The molecular weight excluding hydrogens is 306 g/mol. The summed E-state index contributed by atoms with van der Waals surface area (Å²) >= 11 is 3.08. The second kappa shape index (κ2) is 7.56. The van der Waals surface area contributed by atoms with Crippen LogP contribution < -0.4 is 5.32 Å². The fourth-order valence-electron chi connectivity index (χ4n) is 1.71. The van der Waals surface area contributed by atoms with Crippen LogP contribution in [0.3, 0.4) is 0 Å². The Hall–Kier alpha value is -1.41. The van der Waals surface area contributed by atoms with Crippen molar-refractivity contribution in [1.29, 1.82) is 0 Å². The summed E-state index contributed by atoms with van der Waals surface area (Å²) in [5.74, 6) is 0.00913. The van der Waals surface area contributed by atoms with E-state index in [4.69, 9.17) is 0 Å². The first kappa shape index (κ1) is 16.0. The smallest absolute Gasteiger partial charge is 0.233 e. The average Bonchev–Trinajstić information content (AvgIpc) is 3.09. The molecule has 2 aromatic rings. The van der Waals surface area contributed by atoms with E-state index in [2.05, 4.69) is 26.9 Å². The second-order valence-corrected chi connectivity index (χ2v) is 7.22. The molecule has 0 saturated heterocycles. The fraction of sp³-hybridized carbons (Fsp3) is 0.538. The van der Waals surface area contributed by atoms with Gasteiger partial charge in [0, 0.05) is 11.4 Å². The number of carbonyl (C=O) groups excluding carboxylic acids is 1. The van der Waals surface area contributed by atoms with Gasteiger partial charge in [-0.1, -0.05) is 17.8 Å². The molecule has 0 radical (unpaired) electrons. The third-order valence-electron chi connectivity index (χ3n) is 2.85. The lowest BCUT2D eigenvalue weighted by molar-refractivity contribution is -0.120. The molecule has 114 valence electrons. The predicted octanol–water partition coefficient (Wildman–Crippen LogP) is 2.16. The van der Waals surface area contributed by atoms with Crippen LogP contribution in [0.2, 0.25) is 0 Å². The van der Waals surface area contributed by atoms with Gasteiger partial charge in [-0.3, -0.25) is 4.79 Å². The molecule has 2 heterocycles. The van der Waals surface area contributed by atoms with E-state index in [0.717, 1.165) is 6.42 Å². The number of hydrogen-bond acceptors (Lipinski definition) is 6. The molecule has 0 bridgehead atoms. The number of nitrogens with zero attached hydrogens (tertiary/aromatic N) is 4. The van der Waals surface area contributed by atoms with Crippen LogP contribution in [0.1, 0.15) is 31.7 Å². The molecular formula is C13H19N5OS2. The zero-order chi connectivity index (χ0) is 15.2. The van der Waals surface area contributed by atoms with Crippen molar-refractivity contribution in [3.8, 4) is 0 Å². The Morgan fingerprint density at radius 3 is 2.95 bits per heavy atom. The Morgan fingerprint density at radius 2 is 2.29 bits per heavy atom. The molecule has 1 amide bonds. The third kappa shape index (κ3) is 4.53. The Bertz CT molecular complexity index is 567. The van der Waals surface area contributed by atoms with Crippen LogP contribution in [0, 0.1) is 0 Å². The van der Waals surface area contributed by atoms with Crippen molar-refractivity contribution in [2.45, 2.75) is 43.6 Å². The number of rotatable bonds is 7. The SMILES string of the molecule is CC(Sc1nnnn1C(C)C)C(=O)NCCc1cccs1. The van der Waals surface area contributed by atoms with Crippen molar-refractivity contribution in [1.82, 2.24) is 25.5 Å². The van der Waals surface area contributed by atoms with Crippen LogP contribution in [-0.4, -0.2) is 37.9 Å². The molecule has 1 N–H and O–H groups in total. The van der Waals surface area contributed by atoms with Crippen LogP contribution in [0.15, 0.2) is 22.7 Å². The Balaban J connectivity index is 1.80. The molecule has 1 atom stereocenters. The van der Waals surface area contributed by atoms with E-state index in [1.54, 1.807) is 16.0 Å². The average molecular weight is 325 g/mol. The highest BCUT2D eigenvalue weighted by molar-refractivity contribution is 8.00. The van der Waals surface area contributed by atoms with E-state index in [0.29, 0.717) is 11.7 Å². The van der Waals surface area contributed by atoms with E-state index in [9.17, 15) is 4.79 Å². The Morgan fingerprint density at radius 1 is 1.48 bits per heavy atom. The van der Waals surface area contributed by atoms with Crippen molar-refractivity contribution in [2.75, 3.05) is 6.54 Å². The molecule has 6 nitrogen and oxygen atoms in total. The van der Waals surface area contributed by atoms with Crippen LogP contribution in [0.25, 0.3) is 0 Å². The van der Waals surface area contributed by atoms with Gasteiger partial charge in [0.2, 0.25) is 11.1 Å². The third-order valence-corrected chi connectivity index (χ3v) is 4.84. The van der Waals surface area contributed by atoms with Crippen LogP contribution in [0.4, 0.5) is 0 Å². The van der Waals surface area contributed by atoms with Crippen molar-refractivity contribution in [2.24, 2.45) is 0 Å². The number of thiophene rings is 1. The Labute approximate surface area is 132 Å². The number of tetrazole rings is 1. The topological polar surface area (TPSA) is 72.7 Å². The van der Waals surface area contributed by atoms with Gasteiger partial charge >= 0.3 is 0 Å². The quantitative estimate of drug-likeness (QED) is 0.790. The summed E-state index contributed by atoms with van der Waals surface area (Å²) in [5.41, 5.74) is 0. The van der Waals surface area contributed by atoms with Crippen LogP contribution in [0.5, 0.6) is 0 Å². The summed E-state index contributed by atoms with van der Waals surface area (Å²) in [6.45, 7) is 6.53. The molecule has 0 aromatic carbocycles. The molecule has 0 aliphatic heterocycles. The molecule has 0 spiro atoms. The summed E-state index contributed by atoms with van der Waals surface area (Å²) in [6, 6.07) is 4.27. The largest absolute Gasteiger partial charge is 0.355 e. The Kier molecular flexibility index (Phi) is 5.75. The zero-order valence-corrected chi connectivity index (χ0v) is 13.9. The first-order valence-corrected chi connectivity index (χ1v) is 8.58. The summed E-state index contributed by atoms with van der Waals surface area (Å²) in [7, 11) is 0. The number of nitrogens with one attached hydrogen (secondary N) is 1. The van der Waals surface area contributed by atoms with E-state index in [1.807, 2.05) is 32.2 Å². The van der Waals surface area contributed by atoms with Crippen molar-refractivity contribution < 1.29 is 4.79 Å². The van der Waals surface area contributed by atoms with Gasteiger partial charge in [0.05, 0.1) is 11.3 Å². The number of thioether (sulfide) groups is 1. The van der Waals surface area contributed by atoms with Crippen molar-refractivity contribution >= 4 is 29.0 Å². The molecule has 0 aliphatic rings. The molecule has 1 unspecified atom stereocenters. The highest BCUT2D eigenvalue weighted by atomic mass is 32.2. The lowest BCUT2D eigenvalue weighted by atomic mass is 10.3. The summed E-state index contributed by atoms with van der Waals surface area (Å²) < 4.78 is 1.72. The highest BCUT2D eigenvalue weighted by Gasteiger charge is 2.19. The monoisotopic (exact) mass is 325 g/mol. The number of hydrogen-bond donors (Lipinski definition) is 1. The van der Waals surface area contributed by atoms with Gasteiger partial charge in [0.15, 0.2) is 0 Å². The van der Waals surface area contributed by atoms with E-state index in [-0.39, 0.29) is 17.2 Å². The minimum absolute atomic E-state index is 0.00913. The molecule has 21 heavy (non-hydrogen) atoms. The van der Waals surface area contributed by atoms with Gasteiger partial charge < -0.3 is 5.32 Å².